The zero-order valence-electron chi connectivity index (χ0n) is 10.9. The first-order valence-corrected chi connectivity index (χ1v) is 5.88. The molecule has 1 aliphatic rings. The minimum absolute atomic E-state index is 0.114. The van der Waals surface area contributed by atoms with Crippen LogP contribution in [0.4, 0.5) is 4.39 Å². The van der Waals surface area contributed by atoms with Crippen molar-refractivity contribution in [2.24, 2.45) is 5.92 Å². The molecule has 90 valence electrons. The van der Waals surface area contributed by atoms with Gasteiger partial charge in [-0.05, 0) is 33.7 Å². The standard InChI is InChI=1S/C12H25FN2/c1-9(2)11-14(6)10(13)7-8-15(11)12(3,4)5/h9-11H,7-8H2,1-6H3. The molecule has 1 rings (SSSR count). The molecule has 1 heterocycles. The summed E-state index contributed by atoms with van der Waals surface area (Å²) in [6, 6.07) is 0. The SMILES string of the molecule is CC(C)C1N(C)C(F)CCN1C(C)(C)C. The van der Waals surface area contributed by atoms with Crippen LogP contribution >= 0.6 is 0 Å². The van der Waals surface area contributed by atoms with Crippen LogP contribution in [0.2, 0.25) is 0 Å². The summed E-state index contributed by atoms with van der Waals surface area (Å²) in [5.41, 5.74) is 0.114. The Balaban J connectivity index is 2.87. The highest BCUT2D eigenvalue weighted by Gasteiger charge is 2.39. The summed E-state index contributed by atoms with van der Waals surface area (Å²) in [6.07, 6.45) is 0.0570. The van der Waals surface area contributed by atoms with Crippen molar-refractivity contribution in [2.45, 2.75) is 59.0 Å². The van der Waals surface area contributed by atoms with Gasteiger partial charge >= 0.3 is 0 Å². The summed E-state index contributed by atoms with van der Waals surface area (Å²) in [4.78, 5) is 4.28. The van der Waals surface area contributed by atoms with Crippen molar-refractivity contribution < 1.29 is 4.39 Å². The molecule has 0 aromatic rings. The predicted octanol–water partition coefficient (Wildman–Crippen LogP) is 2.70. The normalized spacial score (nSPS) is 31.2. The lowest BCUT2D eigenvalue weighted by molar-refractivity contribution is -0.117. The Hall–Kier alpha value is -0.150. The van der Waals surface area contributed by atoms with Gasteiger partial charge in [-0.1, -0.05) is 13.8 Å². The van der Waals surface area contributed by atoms with Crippen molar-refractivity contribution in [3.8, 4) is 0 Å². The number of hydrogen-bond acceptors (Lipinski definition) is 2. The van der Waals surface area contributed by atoms with Crippen molar-refractivity contribution in [1.82, 2.24) is 9.80 Å². The molecular weight excluding hydrogens is 191 g/mol. The first-order valence-electron chi connectivity index (χ1n) is 5.88. The second-order valence-corrected chi connectivity index (χ2v) is 5.91. The van der Waals surface area contributed by atoms with Gasteiger partial charge in [0.2, 0.25) is 0 Å². The third kappa shape index (κ3) is 2.70. The van der Waals surface area contributed by atoms with E-state index in [1.807, 2.05) is 11.9 Å². The van der Waals surface area contributed by atoms with Crippen LogP contribution in [0.25, 0.3) is 0 Å². The van der Waals surface area contributed by atoms with Crippen LogP contribution < -0.4 is 0 Å². The van der Waals surface area contributed by atoms with Gasteiger partial charge in [-0.15, -0.1) is 0 Å². The Morgan fingerprint density at radius 1 is 1.27 bits per heavy atom. The van der Waals surface area contributed by atoms with Crippen LogP contribution in [-0.4, -0.2) is 41.4 Å². The quantitative estimate of drug-likeness (QED) is 0.622. The van der Waals surface area contributed by atoms with E-state index >= 15 is 0 Å². The lowest BCUT2D eigenvalue weighted by Crippen LogP contribution is -2.62. The van der Waals surface area contributed by atoms with Crippen LogP contribution in [-0.2, 0) is 0 Å². The van der Waals surface area contributed by atoms with Crippen molar-refractivity contribution in [3.05, 3.63) is 0 Å². The first-order chi connectivity index (χ1) is 6.75. The van der Waals surface area contributed by atoms with E-state index < -0.39 is 6.30 Å². The molecule has 0 radical (unpaired) electrons. The lowest BCUT2D eigenvalue weighted by atomic mass is 9.97. The van der Waals surface area contributed by atoms with Gasteiger partial charge in [0.15, 0.2) is 6.30 Å². The van der Waals surface area contributed by atoms with Gasteiger partial charge in [0.1, 0.15) is 0 Å². The van der Waals surface area contributed by atoms with Crippen molar-refractivity contribution in [3.63, 3.8) is 0 Å². The van der Waals surface area contributed by atoms with Crippen molar-refractivity contribution in [2.75, 3.05) is 13.6 Å². The van der Waals surface area contributed by atoms with E-state index in [1.54, 1.807) is 0 Å². The Labute approximate surface area is 93.4 Å². The van der Waals surface area contributed by atoms with Gasteiger partial charge in [-0.2, -0.15) is 0 Å². The van der Waals surface area contributed by atoms with Gasteiger partial charge in [0, 0.05) is 18.5 Å². The van der Waals surface area contributed by atoms with E-state index in [9.17, 15) is 4.39 Å². The first kappa shape index (κ1) is 12.9. The van der Waals surface area contributed by atoms with E-state index in [0.29, 0.717) is 12.3 Å². The van der Waals surface area contributed by atoms with Gasteiger partial charge in [0.05, 0.1) is 6.17 Å². The molecule has 0 bridgehead atoms. The smallest absolute Gasteiger partial charge is 0.155 e. The fourth-order valence-corrected chi connectivity index (χ4v) is 2.53. The molecule has 2 atom stereocenters. The fourth-order valence-electron chi connectivity index (χ4n) is 2.53. The van der Waals surface area contributed by atoms with Crippen LogP contribution in [0.1, 0.15) is 41.0 Å². The predicted molar refractivity (Wildman–Crippen MR) is 62.4 cm³/mol. The molecule has 1 saturated heterocycles. The molecule has 15 heavy (non-hydrogen) atoms. The van der Waals surface area contributed by atoms with Crippen LogP contribution in [0.15, 0.2) is 0 Å². The second kappa shape index (κ2) is 4.38. The zero-order valence-corrected chi connectivity index (χ0v) is 10.9. The Bertz CT molecular complexity index is 210. The van der Waals surface area contributed by atoms with E-state index in [0.717, 1.165) is 6.54 Å². The summed E-state index contributed by atoms with van der Waals surface area (Å²) < 4.78 is 13.6. The Kier molecular flexibility index (Phi) is 3.77. The maximum atomic E-state index is 13.6. The number of hydrogen-bond donors (Lipinski definition) is 0. The van der Waals surface area contributed by atoms with E-state index in [1.165, 1.54) is 0 Å². The Morgan fingerprint density at radius 2 is 1.80 bits per heavy atom. The summed E-state index contributed by atoms with van der Waals surface area (Å²) in [7, 11) is 1.90. The molecule has 0 spiro atoms. The number of alkyl halides is 1. The van der Waals surface area contributed by atoms with Gasteiger partial charge < -0.3 is 0 Å². The van der Waals surface area contributed by atoms with Gasteiger partial charge in [-0.3, -0.25) is 9.80 Å². The minimum atomic E-state index is -0.781. The van der Waals surface area contributed by atoms with Crippen molar-refractivity contribution in [1.29, 1.82) is 0 Å². The molecule has 2 unspecified atom stereocenters. The minimum Gasteiger partial charge on any atom is -0.282 e. The number of nitrogens with zero attached hydrogens (tertiary/aromatic N) is 2. The molecule has 0 N–H and O–H groups in total. The van der Waals surface area contributed by atoms with E-state index in [-0.39, 0.29) is 11.7 Å². The molecule has 1 fully saturated rings. The summed E-state index contributed by atoms with van der Waals surface area (Å²) in [5.74, 6) is 0.452. The summed E-state index contributed by atoms with van der Waals surface area (Å²) in [5, 5.41) is 0. The highest BCUT2D eigenvalue weighted by atomic mass is 19.1. The van der Waals surface area contributed by atoms with Crippen LogP contribution in [0, 0.1) is 5.92 Å². The molecule has 0 amide bonds. The van der Waals surface area contributed by atoms with E-state index in [2.05, 4.69) is 39.5 Å². The highest BCUT2D eigenvalue weighted by Crippen LogP contribution is 2.30. The number of rotatable bonds is 1. The van der Waals surface area contributed by atoms with Gasteiger partial charge in [-0.25, -0.2) is 4.39 Å². The largest absolute Gasteiger partial charge is 0.282 e. The zero-order chi connectivity index (χ0) is 11.8. The molecule has 1 aliphatic heterocycles. The van der Waals surface area contributed by atoms with Crippen LogP contribution in [0.3, 0.4) is 0 Å². The average molecular weight is 216 g/mol. The second-order valence-electron chi connectivity index (χ2n) is 5.91. The fraction of sp³-hybridized carbons (Fsp3) is 1.00. The maximum absolute atomic E-state index is 13.6. The molecular formula is C12H25FN2. The molecule has 3 heteroatoms. The lowest BCUT2D eigenvalue weighted by Gasteiger charge is -2.51. The third-order valence-corrected chi connectivity index (χ3v) is 3.24. The Morgan fingerprint density at radius 3 is 2.20 bits per heavy atom. The van der Waals surface area contributed by atoms with Crippen LogP contribution in [0.5, 0.6) is 0 Å². The summed E-state index contributed by atoms with van der Waals surface area (Å²) >= 11 is 0. The molecule has 0 saturated carbocycles. The average Bonchev–Trinajstić information content (AvgIpc) is 2.06. The molecule has 0 aliphatic carbocycles. The van der Waals surface area contributed by atoms with Crippen molar-refractivity contribution >= 4 is 0 Å². The monoisotopic (exact) mass is 216 g/mol. The van der Waals surface area contributed by atoms with Gasteiger partial charge in [0.25, 0.3) is 0 Å². The topological polar surface area (TPSA) is 6.48 Å². The molecule has 0 aromatic carbocycles. The molecule has 2 nitrogen and oxygen atoms in total. The summed E-state index contributed by atoms with van der Waals surface area (Å²) in [6.45, 7) is 11.8. The third-order valence-electron chi connectivity index (χ3n) is 3.24. The maximum Gasteiger partial charge on any atom is 0.155 e. The molecule has 0 aromatic heterocycles. The number of halogens is 1. The van der Waals surface area contributed by atoms with E-state index in [4.69, 9.17) is 0 Å². The highest BCUT2D eigenvalue weighted by molar-refractivity contribution is 4.88.